The molecule has 0 aliphatic rings. The molecule has 0 bridgehead atoms. The number of ether oxygens (including phenoxy) is 1. The summed E-state index contributed by atoms with van der Waals surface area (Å²) in [7, 11) is 1.18. The van der Waals surface area contributed by atoms with Crippen molar-refractivity contribution in [1.82, 2.24) is 4.98 Å². The summed E-state index contributed by atoms with van der Waals surface area (Å²) in [5.74, 6) is 0.903. The molecule has 0 spiro atoms. The Balaban J connectivity index is 2.19. The van der Waals surface area contributed by atoms with Crippen LogP contribution in [-0.2, 0) is 0 Å². The van der Waals surface area contributed by atoms with E-state index >= 15 is 0 Å². The van der Waals surface area contributed by atoms with E-state index in [1.807, 2.05) is 30.3 Å². The quantitative estimate of drug-likeness (QED) is 0.594. The second kappa shape index (κ2) is 5.65. The summed E-state index contributed by atoms with van der Waals surface area (Å²) in [6.07, 6.45) is 2.65. The van der Waals surface area contributed by atoms with Crippen LogP contribution < -0.4 is 4.74 Å². The normalized spacial score (nSPS) is 9.81. The predicted molar refractivity (Wildman–Crippen MR) is 68.6 cm³/mol. The number of benzene rings is 1. The molecular formula is C13H13NOP+. The summed E-state index contributed by atoms with van der Waals surface area (Å²) in [4.78, 5) is 4.29. The molecule has 0 saturated heterocycles. The molecule has 0 saturated carbocycles. The van der Waals surface area contributed by atoms with E-state index in [0.717, 1.165) is 23.1 Å². The van der Waals surface area contributed by atoms with Crippen molar-refractivity contribution >= 4 is 18.9 Å². The van der Waals surface area contributed by atoms with Crippen molar-refractivity contribution in [3.63, 3.8) is 0 Å². The summed E-state index contributed by atoms with van der Waals surface area (Å²) in [6.45, 7) is 2.73. The zero-order valence-corrected chi connectivity index (χ0v) is 10.1. The molecule has 0 aliphatic heterocycles. The molecule has 1 aromatic heterocycles. The van der Waals surface area contributed by atoms with Crippen molar-refractivity contribution in [2.75, 3.05) is 13.3 Å². The van der Waals surface area contributed by atoms with Gasteiger partial charge in [-0.15, -0.1) is 0 Å². The van der Waals surface area contributed by atoms with Crippen LogP contribution in [0.1, 0.15) is 6.42 Å². The zero-order valence-electron chi connectivity index (χ0n) is 9.18. The van der Waals surface area contributed by atoms with Gasteiger partial charge in [0, 0.05) is 0 Å². The summed E-state index contributed by atoms with van der Waals surface area (Å²) >= 11 is 0. The molecule has 2 aromatic rings. The Hall–Kier alpha value is -1.36. The van der Waals surface area contributed by atoms with Crippen LogP contribution in [0, 0.1) is 5.63 Å². The van der Waals surface area contributed by atoms with Crippen molar-refractivity contribution in [2.45, 2.75) is 6.42 Å². The number of rotatable bonds is 3. The Morgan fingerprint density at radius 3 is 3.12 bits per heavy atom. The van der Waals surface area contributed by atoms with E-state index in [4.69, 9.17) is 4.74 Å². The molecule has 0 radical (unpaired) electrons. The maximum absolute atomic E-state index is 5.71. The minimum absolute atomic E-state index is 0.675. The zero-order chi connectivity index (χ0) is 11.2. The molecule has 1 heterocycles. The Bertz CT molecular complexity index is 537. The predicted octanol–water partition coefficient (Wildman–Crippen LogP) is 3.54. The van der Waals surface area contributed by atoms with Crippen LogP contribution >= 0.6 is 8.04 Å². The van der Waals surface area contributed by atoms with E-state index in [1.165, 1.54) is 8.04 Å². The summed E-state index contributed by atoms with van der Waals surface area (Å²) < 4.78 is 5.71. The molecule has 80 valence electrons. The standard InChI is InChI=1S/C13H13NOP/c1-16-10-4-9-15-13-7-2-6-12-11(13)5-3-8-14-12/h2-3,5-8H,4,9H2,1H3/q+1. The fourth-order valence-corrected chi connectivity index (χ4v) is 1.83. The fourth-order valence-electron chi connectivity index (χ4n) is 1.52. The molecule has 1 aromatic carbocycles. The first kappa shape index (κ1) is 11.1. The molecule has 3 heteroatoms. The van der Waals surface area contributed by atoms with Crippen LogP contribution in [0.15, 0.2) is 36.5 Å². The third-order valence-electron chi connectivity index (χ3n) is 2.24. The maximum atomic E-state index is 5.71. The molecule has 16 heavy (non-hydrogen) atoms. The van der Waals surface area contributed by atoms with Crippen molar-refractivity contribution in [3.8, 4) is 11.4 Å². The van der Waals surface area contributed by atoms with Crippen molar-refractivity contribution < 1.29 is 4.74 Å². The Kier molecular flexibility index (Phi) is 3.93. The van der Waals surface area contributed by atoms with Gasteiger partial charge in [-0.1, -0.05) is 0 Å². The van der Waals surface area contributed by atoms with Crippen molar-refractivity contribution in [3.05, 3.63) is 36.5 Å². The van der Waals surface area contributed by atoms with Crippen LogP contribution in [0.5, 0.6) is 5.75 Å². The van der Waals surface area contributed by atoms with Gasteiger partial charge < -0.3 is 0 Å². The van der Waals surface area contributed by atoms with Gasteiger partial charge in [-0.25, -0.2) is 0 Å². The van der Waals surface area contributed by atoms with Crippen LogP contribution in [0.4, 0.5) is 0 Å². The van der Waals surface area contributed by atoms with E-state index in [2.05, 4.69) is 17.3 Å². The number of pyridine rings is 1. The summed E-state index contributed by atoms with van der Waals surface area (Å²) in [5, 5.41) is 1.07. The van der Waals surface area contributed by atoms with E-state index < -0.39 is 0 Å². The third-order valence-corrected chi connectivity index (χ3v) is 2.78. The number of hydrogen-bond donors (Lipinski definition) is 0. The van der Waals surface area contributed by atoms with Crippen molar-refractivity contribution in [1.29, 1.82) is 0 Å². The monoisotopic (exact) mass is 230 g/mol. The van der Waals surface area contributed by atoms with Gasteiger partial charge in [-0.05, 0) is 0 Å². The summed E-state index contributed by atoms with van der Waals surface area (Å²) in [6, 6.07) is 9.90. The molecule has 0 aliphatic carbocycles. The van der Waals surface area contributed by atoms with Gasteiger partial charge in [-0.2, -0.15) is 0 Å². The second-order valence-electron chi connectivity index (χ2n) is 3.31. The van der Waals surface area contributed by atoms with E-state index in [9.17, 15) is 0 Å². The number of aromatic nitrogens is 1. The van der Waals surface area contributed by atoms with Gasteiger partial charge in [0.1, 0.15) is 0 Å². The molecular weight excluding hydrogens is 217 g/mol. The molecule has 0 atom stereocenters. The molecule has 0 N–H and O–H groups in total. The van der Waals surface area contributed by atoms with Crippen molar-refractivity contribution in [2.24, 2.45) is 0 Å². The average molecular weight is 230 g/mol. The molecule has 0 unspecified atom stereocenters. The van der Waals surface area contributed by atoms with Crippen LogP contribution in [0.25, 0.3) is 10.9 Å². The van der Waals surface area contributed by atoms with Gasteiger partial charge >= 0.3 is 96.3 Å². The molecule has 2 nitrogen and oxygen atoms in total. The van der Waals surface area contributed by atoms with Gasteiger partial charge in [0.15, 0.2) is 0 Å². The van der Waals surface area contributed by atoms with Crippen LogP contribution in [-0.4, -0.2) is 18.3 Å². The van der Waals surface area contributed by atoms with Gasteiger partial charge in [0.2, 0.25) is 0 Å². The third kappa shape index (κ3) is 2.61. The van der Waals surface area contributed by atoms with Gasteiger partial charge in [0.05, 0.1) is 0 Å². The number of nitrogens with zero attached hydrogens (tertiary/aromatic N) is 1. The van der Waals surface area contributed by atoms with Gasteiger partial charge in [0.25, 0.3) is 0 Å². The minimum atomic E-state index is 0.675. The summed E-state index contributed by atoms with van der Waals surface area (Å²) in [5.41, 5.74) is 4.17. The van der Waals surface area contributed by atoms with Crippen LogP contribution in [0.3, 0.4) is 0 Å². The Labute approximate surface area is 96.7 Å². The Morgan fingerprint density at radius 1 is 1.31 bits per heavy atom. The molecule has 0 fully saturated rings. The SMILES string of the molecule is C[P+]#CCCOc1cccc2ncccc12. The van der Waals surface area contributed by atoms with Gasteiger partial charge in [-0.3, -0.25) is 0 Å². The number of fused-ring (bicyclic) bond motifs is 1. The average Bonchev–Trinajstić information content (AvgIpc) is 2.35. The first-order chi connectivity index (χ1) is 7.92. The van der Waals surface area contributed by atoms with Crippen LogP contribution in [0.2, 0.25) is 0 Å². The first-order valence-corrected chi connectivity index (χ1v) is 6.54. The first-order valence-electron chi connectivity index (χ1n) is 5.20. The topological polar surface area (TPSA) is 22.1 Å². The second-order valence-corrected chi connectivity index (χ2v) is 4.07. The molecule has 0 amide bonds. The van der Waals surface area contributed by atoms with E-state index in [0.29, 0.717) is 6.61 Å². The van der Waals surface area contributed by atoms with E-state index in [-0.39, 0.29) is 0 Å². The Morgan fingerprint density at radius 2 is 2.25 bits per heavy atom. The molecule has 2 rings (SSSR count). The van der Waals surface area contributed by atoms with E-state index in [1.54, 1.807) is 6.20 Å². The fraction of sp³-hybridized carbons (Fsp3) is 0.231. The number of hydrogen-bond acceptors (Lipinski definition) is 2.